The predicted molar refractivity (Wildman–Crippen MR) is 72.9 cm³/mol. The van der Waals surface area contributed by atoms with Crippen molar-refractivity contribution in [2.45, 2.75) is 10.6 Å². The van der Waals surface area contributed by atoms with E-state index in [4.69, 9.17) is 15.2 Å². The van der Waals surface area contributed by atoms with Gasteiger partial charge in [-0.25, -0.2) is 4.39 Å². The largest absolute Gasteiger partial charge is 0.454 e. The predicted octanol–water partition coefficient (Wildman–Crippen LogP) is 3.43. The molecular formula is C14H12FNO2S. The van der Waals surface area contributed by atoms with Crippen LogP contribution in [0.4, 0.5) is 10.1 Å². The van der Waals surface area contributed by atoms with Crippen LogP contribution in [0.15, 0.2) is 41.3 Å². The second-order valence-electron chi connectivity index (χ2n) is 4.17. The first-order valence-corrected chi connectivity index (χ1v) is 6.77. The average Bonchev–Trinajstić information content (AvgIpc) is 2.85. The van der Waals surface area contributed by atoms with Crippen LogP contribution in [-0.2, 0) is 5.75 Å². The molecule has 2 aromatic rings. The lowest BCUT2D eigenvalue weighted by atomic mass is 10.2. The summed E-state index contributed by atoms with van der Waals surface area (Å²) in [5, 5.41) is 0. The summed E-state index contributed by atoms with van der Waals surface area (Å²) in [7, 11) is 0. The highest BCUT2D eigenvalue weighted by Gasteiger charge is 2.13. The van der Waals surface area contributed by atoms with E-state index in [2.05, 4.69) is 0 Å². The highest BCUT2D eigenvalue weighted by molar-refractivity contribution is 7.98. The zero-order valence-corrected chi connectivity index (χ0v) is 10.9. The summed E-state index contributed by atoms with van der Waals surface area (Å²) in [6.07, 6.45) is 0. The Morgan fingerprint density at radius 2 is 1.95 bits per heavy atom. The number of halogens is 1. The van der Waals surface area contributed by atoms with Crippen LogP contribution >= 0.6 is 11.8 Å². The van der Waals surface area contributed by atoms with E-state index in [-0.39, 0.29) is 12.6 Å². The van der Waals surface area contributed by atoms with Gasteiger partial charge in [0.25, 0.3) is 0 Å². The van der Waals surface area contributed by atoms with Crippen molar-refractivity contribution >= 4 is 17.4 Å². The van der Waals surface area contributed by atoms with E-state index in [0.29, 0.717) is 16.3 Å². The number of hydrogen-bond acceptors (Lipinski definition) is 4. The Hall–Kier alpha value is -1.88. The van der Waals surface area contributed by atoms with Crippen molar-refractivity contribution in [1.29, 1.82) is 0 Å². The van der Waals surface area contributed by atoms with Gasteiger partial charge in [-0.2, -0.15) is 0 Å². The van der Waals surface area contributed by atoms with Crippen LogP contribution in [0, 0.1) is 5.82 Å². The van der Waals surface area contributed by atoms with Gasteiger partial charge in [0.1, 0.15) is 5.82 Å². The molecular weight excluding hydrogens is 265 g/mol. The van der Waals surface area contributed by atoms with Crippen LogP contribution in [0.2, 0.25) is 0 Å². The molecule has 19 heavy (non-hydrogen) atoms. The molecule has 0 saturated carbocycles. The Morgan fingerprint density at radius 3 is 2.79 bits per heavy atom. The molecule has 2 aromatic carbocycles. The van der Waals surface area contributed by atoms with Gasteiger partial charge in [0.05, 0.1) is 0 Å². The third-order valence-electron chi connectivity index (χ3n) is 2.79. The number of hydrogen-bond donors (Lipinski definition) is 1. The fraction of sp³-hybridized carbons (Fsp3) is 0.143. The second-order valence-corrected chi connectivity index (χ2v) is 5.18. The maximum Gasteiger partial charge on any atom is 0.231 e. The molecule has 0 unspecified atom stereocenters. The number of nitrogens with two attached hydrogens (primary N) is 1. The van der Waals surface area contributed by atoms with Crippen LogP contribution in [0.25, 0.3) is 0 Å². The number of benzene rings is 2. The van der Waals surface area contributed by atoms with Crippen molar-refractivity contribution in [2.75, 3.05) is 12.5 Å². The van der Waals surface area contributed by atoms with E-state index in [1.54, 1.807) is 12.1 Å². The van der Waals surface area contributed by atoms with Gasteiger partial charge >= 0.3 is 0 Å². The number of rotatable bonds is 3. The first kappa shape index (κ1) is 12.2. The molecule has 2 N–H and O–H groups in total. The standard InChI is InChI=1S/C14H12FNO2S/c15-11-6-10(16)2-4-14(11)19-7-9-1-3-12-13(5-9)18-8-17-12/h1-6H,7-8,16H2. The van der Waals surface area contributed by atoms with E-state index in [1.807, 2.05) is 18.2 Å². The highest BCUT2D eigenvalue weighted by Crippen LogP contribution is 2.34. The molecule has 0 aliphatic carbocycles. The fourth-order valence-electron chi connectivity index (χ4n) is 1.83. The molecule has 98 valence electrons. The minimum absolute atomic E-state index is 0.262. The third-order valence-corrected chi connectivity index (χ3v) is 3.91. The minimum Gasteiger partial charge on any atom is -0.454 e. The molecule has 0 saturated heterocycles. The zero-order valence-electron chi connectivity index (χ0n) is 10.1. The summed E-state index contributed by atoms with van der Waals surface area (Å²) in [5.41, 5.74) is 7.01. The maximum absolute atomic E-state index is 13.6. The monoisotopic (exact) mass is 277 g/mol. The van der Waals surface area contributed by atoms with Gasteiger partial charge in [-0.1, -0.05) is 6.07 Å². The van der Waals surface area contributed by atoms with Gasteiger partial charge in [0.2, 0.25) is 6.79 Å². The molecule has 1 heterocycles. The van der Waals surface area contributed by atoms with Crippen LogP contribution < -0.4 is 15.2 Å². The highest BCUT2D eigenvalue weighted by atomic mass is 32.2. The lowest BCUT2D eigenvalue weighted by Crippen LogP contribution is -1.92. The van der Waals surface area contributed by atoms with Crippen LogP contribution in [0.1, 0.15) is 5.56 Å². The smallest absolute Gasteiger partial charge is 0.231 e. The third kappa shape index (κ3) is 2.61. The van der Waals surface area contributed by atoms with Gasteiger partial charge in [0, 0.05) is 16.3 Å². The molecule has 0 aromatic heterocycles. The molecule has 3 rings (SSSR count). The maximum atomic E-state index is 13.6. The summed E-state index contributed by atoms with van der Waals surface area (Å²) in [4.78, 5) is 0.590. The van der Waals surface area contributed by atoms with Crippen molar-refractivity contribution < 1.29 is 13.9 Å². The number of anilines is 1. The molecule has 1 aliphatic heterocycles. The Morgan fingerprint density at radius 1 is 1.11 bits per heavy atom. The Labute approximate surface area is 114 Å². The molecule has 0 bridgehead atoms. The topological polar surface area (TPSA) is 44.5 Å². The average molecular weight is 277 g/mol. The van der Waals surface area contributed by atoms with Crippen molar-refractivity contribution in [3.05, 3.63) is 47.8 Å². The van der Waals surface area contributed by atoms with Gasteiger partial charge in [-0.3, -0.25) is 0 Å². The molecule has 0 atom stereocenters. The molecule has 1 aliphatic rings. The number of fused-ring (bicyclic) bond motifs is 1. The van der Waals surface area contributed by atoms with Gasteiger partial charge in [-0.05, 0) is 35.9 Å². The molecule has 0 spiro atoms. The molecule has 0 radical (unpaired) electrons. The quantitative estimate of drug-likeness (QED) is 0.689. The van der Waals surface area contributed by atoms with Gasteiger partial charge < -0.3 is 15.2 Å². The van der Waals surface area contributed by atoms with Crippen LogP contribution in [-0.4, -0.2) is 6.79 Å². The van der Waals surface area contributed by atoms with Crippen LogP contribution in [0.5, 0.6) is 11.5 Å². The summed E-state index contributed by atoms with van der Waals surface area (Å²) in [6.45, 7) is 0.262. The lowest BCUT2D eigenvalue weighted by molar-refractivity contribution is 0.174. The molecule has 3 nitrogen and oxygen atoms in total. The SMILES string of the molecule is Nc1ccc(SCc2ccc3c(c2)OCO3)c(F)c1. The summed E-state index contributed by atoms with van der Waals surface area (Å²) in [6, 6.07) is 10.5. The first-order chi connectivity index (χ1) is 9.22. The zero-order chi connectivity index (χ0) is 13.2. The summed E-state index contributed by atoms with van der Waals surface area (Å²) < 4.78 is 24.2. The van der Waals surface area contributed by atoms with E-state index >= 15 is 0 Å². The van der Waals surface area contributed by atoms with Crippen LogP contribution in [0.3, 0.4) is 0 Å². The Bertz CT molecular complexity index is 618. The van der Waals surface area contributed by atoms with E-state index in [0.717, 1.165) is 17.1 Å². The minimum atomic E-state index is -0.286. The fourth-order valence-corrected chi connectivity index (χ4v) is 2.69. The number of ether oxygens (including phenoxy) is 2. The van der Waals surface area contributed by atoms with Crippen molar-refractivity contribution in [2.24, 2.45) is 0 Å². The summed E-state index contributed by atoms with van der Waals surface area (Å²) in [5.74, 6) is 1.88. The van der Waals surface area contributed by atoms with E-state index in [1.165, 1.54) is 17.8 Å². The Balaban J connectivity index is 1.72. The second kappa shape index (κ2) is 5.01. The molecule has 0 amide bonds. The van der Waals surface area contributed by atoms with Crippen molar-refractivity contribution in [3.8, 4) is 11.5 Å². The van der Waals surface area contributed by atoms with Gasteiger partial charge in [0.15, 0.2) is 11.5 Å². The number of thioether (sulfide) groups is 1. The lowest BCUT2D eigenvalue weighted by Gasteiger charge is -2.05. The molecule has 5 heteroatoms. The van der Waals surface area contributed by atoms with E-state index in [9.17, 15) is 4.39 Å². The van der Waals surface area contributed by atoms with Crippen molar-refractivity contribution in [1.82, 2.24) is 0 Å². The van der Waals surface area contributed by atoms with E-state index < -0.39 is 0 Å². The summed E-state index contributed by atoms with van der Waals surface area (Å²) >= 11 is 1.43. The number of nitrogen functional groups attached to an aromatic ring is 1. The first-order valence-electron chi connectivity index (χ1n) is 5.79. The van der Waals surface area contributed by atoms with Crippen molar-refractivity contribution in [3.63, 3.8) is 0 Å². The normalized spacial score (nSPS) is 12.7. The van der Waals surface area contributed by atoms with Gasteiger partial charge in [-0.15, -0.1) is 11.8 Å². The molecule has 0 fully saturated rings. The Kier molecular flexibility index (Phi) is 3.21.